The zero-order valence-corrected chi connectivity index (χ0v) is 15.7. The van der Waals surface area contributed by atoms with Crippen molar-refractivity contribution in [1.29, 1.82) is 0 Å². The molecule has 0 aliphatic carbocycles. The van der Waals surface area contributed by atoms with Gasteiger partial charge in [0.15, 0.2) is 0 Å². The predicted molar refractivity (Wildman–Crippen MR) is 116 cm³/mol. The minimum Gasteiger partial charge on any atom is -0.385 e. The summed E-state index contributed by atoms with van der Waals surface area (Å²) in [5.74, 6) is 0. The van der Waals surface area contributed by atoms with Crippen molar-refractivity contribution in [2.75, 3.05) is 11.9 Å². The number of anilines is 1. The van der Waals surface area contributed by atoms with E-state index >= 15 is 0 Å². The van der Waals surface area contributed by atoms with Gasteiger partial charge in [-0.05, 0) is 77.2 Å². The van der Waals surface area contributed by atoms with Gasteiger partial charge in [-0.3, -0.25) is 4.98 Å². The van der Waals surface area contributed by atoms with Crippen molar-refractivity contribution in [2.45, 2.75) is 32.1 Å². The molecule has 2 nitrogen and oxygen atoms in total. The van der Waals surface area contributed by atoms with Crippen molar-refractivity contribution >= 4 is 27.2 Å². The van der Waals surface area contributed by atoms with E-state index in [4.69, 9.17) is 0 Å². The number of benzene rings is 3. The van der Waals surface area contributed by atoms with E-state index in [2.05, 4.69) is 77.0 Å². The van der Waals surface area contributed by atoms with Crippen LogP contribution in [0.15, 0.2) is 79.0 Å². The Bertz CT molecular complexity index is 1010. The average Bonchev–Trinajstić information content (AvgIpc) is 2.72. The molecule has 4 rings (SSSR count). The van der Waals surface area contributed by atoms with Crippen LogP contribution >= 0.6 is 0 Å². The molecule has 0 saturated carbocycles. The molecular formula is C25H26N2. The summed E-state index contributed by atoms with van der Waals surface area (Å²) in [5.41, 5.74) is 2.42. The second-order valence-electron chi connectivity index (χ2n) is 7.17. The fourth-order valence-corrected chi connectivity index (χ4v) is 3.61. The van der Waals surface area contributed by atoms with Gasteiger partial charge in [-0.2, -0.15) is 0 Å². The fourth-order valence-electron chi connectivity index (χ4n) is 3.61. The van der Waals surface area contributed by atoms with Gasteiger partial charge in [-0.25, -0.2) is 0 Å². The number of aryl methyl sites for hydroxylation is 1. The van der Waals surface area contributed by atoms with E-state index in [-0.39, 0.29) is 0 Å². The topological polar surface area (TPSA) is 24.9 Å². The highest BCUT2D eigenvalue weighted by molar-refractivity contribution is 5.99. The van der Waals surface area contributed by atoms with Crippen molar-refractivity contribution in [1.82, 2.24) is 4.98 Å². The first-order valence-electron chi connectivity index (χ1n) is 9.95. The molecule has 136 valence electrons. The molecule has 4 aromatic rings. The van der Waals surface area contributed by atoms with E-state index in [1.165, 1.54) is 58.6 Å². The van der Waals surface area contributed by atoms with Crippen molar-refractivity contribution in [2.24, 2.45) is 0 Å². The first-order chi connectivity index (χ1) is 13.4. The normalized spacial score (nSPS) is 11.1. The molecule has 0 bridgehead atoms. The van der Waals surface area contributed by atoms with Gasteiger partial charge in [0.1, 0.15) is 0 Å². The second-order valence-corrected chi connectivity index (χ2v) is 7.17. The lowest BCUT2D eigenvalue weighted by molar-refractivity contribution is 0.649. The van der Waals surface area contributed by atoms with E-state index in [1.807, 2.05) is 12.3 Å². The highest BCUT2D eigenvalue weighted by atomic mass is 14.9. The van der Waals surface area contributed by atoms with Crippen LogP contribution in [0.1, 0.15) is 31.4 Å². The highest BCUT2D eigenvalue weighted by Gasteiger charge is 2.00. The minimum absolute atomic E-state index is 1.03. The van der Waals surface area contributed by atoms with Crippen LogP contribution < -0.4 is 5.32 Å². The number of hydrogen-bond donors (Lipinski definition) is 1. The molecular weight excluding hydrogens is 328 g/mol. The number of rotatable bonds is 8. The molecule has 0 aliphatic heterocycles. The van der Waals surface area contributed by atoms with Crippen molar-refractivity contribution in [3.8, 4) is 0 Å². The lowest BCUT2D eigenvalue weighted by Gasteiger charge is -2.09. The van der Waals surface area contributed by atoms with Gasteiger partial charge in [-0.1, -0.05) is 49.2 Å². The smallest absolute Gasteiger partial charge is 0.0403 e. The van der Waals surface area contributed by atoms with Crippen LogP contribution in [-0.4, -0.2) is 11.5 Å². The third kappa shape index (κ3) is 4.65. The van der Waals surface area contributed by atoms with Crippen molar-refractivity contribution < 1.29 is 0 Å². The highest BCUT2D eigenvalue weighted by Crippen LogP contribution is 2.25. The first kappa shape index (κ1) is 17.5. The molecule has 1 aromatic heterocycles. The Morgan fingerprint density at radius 3 is 2.19 bits per heavy atom. The molecule has 0 amide bonds. The largest absolute Gasteiger partial charge is 0.385 e. The predicted octanol–water partition coefficient (Wildman–Crippen LogP) is 6.60. The zero-order valence-electron chi connectivity index (χ0n) is 15.7. The van der Waals surface area contributed by atoms with Crippen LogP contribution in [0.25, 0.3) is 21.5 Å². The van der Waals surface area contributed by atoms with E-state index in [0.717, 1.165) is 13.0 Å². The molecule has 0 saturated heterocycles. The maximum Gasteiger partial charge on any atom is 0.0403 e. The van der Waals surface area contributed by atoms with Gasteiger partial charge in [-0.15, -0.1) is 0 Å². The number of fused-ring (bicyclic) bond motifs is 2. The minimum atomic E-state index is 1.03. The molecule has 2 heteroatoms. The van der Waals surface area contributed by atoms with Crippen LogP contribution in [0.5, 0.6) is 0 Å². The summed E-state index contributed by atoms with van der Waals surface area (Å²) in [6.45, 7) is 1.03. The number of nitrogens with one attached hydrogen (secondary N) is 1. The summed E-state index contributed by atoms with van der Waals surface area (Å²) in [7, 11) is 0. The molecule has 1 heterocycles. The van der Waals surface area contributed by atoms with Crippen LogP contribution in [-0.2, 0) is 6.42 Å². The summed E-state index contributed by atoms with van der Waals surface area (Å²) in [6, 6.07) is 26.0. The SMILES string of the molecule is c1ccc(CCCCCCNc2ccc3cc4ccccc4cc3c2)nc1. The summed E-state index contributed by atoms with van der Waals surface area (Å²) < 4.78 is 0. The van der Waals surface area contributed by atoms with Crippen LogP contribution in [0.4, 0.5) is 5.69 Å². The van der Waals surface area contributed by atoms with E-state index in [0.29, 0.717) is 0 Å². The Morgan fingerprint density at radius 2 is 1.37 bits per heavy atom. The van der Waals surface area contributed by atoms with Gasteiger partial charge in [0.2, 0.25) is 0 Å². The third-order valence-electron chi connectivity index (χ3n) is 5.12. The summed E-state index contributed by atoms with van der Waals surface area (Å²) >= 11 is 0. The first-order valence-corrected chi connectivity index (χ1v) is 9.95. The summed E-state index contributed by atoms with van der Waals surface area (Å²) in [4.78, 5) is 4.38. The van der Waals surface area contributed by atoms with E-state index in [9.17, 15) is 0 Å². The second kappa shape index (κ2) is 8.68. The lowest BCUT2D eigenvalue weighted by atomic mass is 10.0. The molecule has 0 aliphatic rings. The van der Waals surface area contributed by atoms with Gasteiger partial charge in [0, 0.05) is 24.1 Å². The van der Waals surface area contributed by atoms with Gasteiger partial charge < -0.3 is 5.32 Å². The maximum absolute atomic E-state index is 4.38. The third-order valence-corrected chi connectivity index (χ3v) is 5.12. The number of unbranched alkanes of at least 4 members (excludes halogenated alkanes) is 3. The van der Waals surface area contributed by atoms with Crippen LogP contribution in [0, 0.1) is 0 Å². The van der Waals surface area contributed by atoms with Gasteiger partial charge in [0.25, 0.3) is 0 Å². The van der Waals surface area contributed by atoms with Crippen LogP contribution in [0.2, 0.25) is 0 Å². The van der Waals surface area contributed by atoms with E-state index < -0.39 is 0 Å². The Balaban J connectivity index is 1.24. The molecule has 27 heavy (non-hydrogen) atoms. The molecule has 0 spiro atoms. The lowest BCUT2D eigenvalue weighted by Crippen LogP contribution is -2.01. The molecule has 0 fully saturated rings. The fraction of sp³-hybridized carbons (Fsp3) is 0.240. The Kier molecular flexibility index (Phi) is 5.64. The number of aromatic nitrogens is 1. The van der Waals surface area contributed by atoms with E-state index in [1.54, 1.807) is 0 Å². The van der Waals surface area contributed by atoms with Crippen molar-refractivity contribution in [3.05, 3.63) is 84.7 Å². The molecule has 0 atom stereocenters. The number of pyridine rings is 1. The molecule has 0 unspecified atom stereocenters. The quantitative estimate of drug-likeness (QED) is 0.285. The monoisotopic (exact) mass is 354 g/mol. The summed E-state index contributed by atoms with van der Waals surface area (Å²) in [5, 5.41) is 8.78. The number of hydrogen-bond acceptors (Lipinski definition) is 2. The zero-order chi connectivity index (χ0) is 18.3. The van der Waals surface area contributed by atoms with Gasteiger partial charge in [0.05, 0.1) is 0 Å². The Morgan fingerprint density at radius 1 is 0.630 bits per heavy atom. The van der Waals surface area contributed by atoms with Crippen LogP contribution in [0.3, 0.4) is 0 Å². The molecule has 0 radical (unpaired) electrons. The molecule has 1 N–H and O–H groups in total. The molecule has 3 aromatic carbocycles. The number of nitrogens with zero attached hydrogens (tertiary/aromatic N) is 1. The Labute approximate surface area is 161 Å². The maximum atomic E-state index is 4.38. The standard InChI is InChI=1S/C25H26N2/c1(3-11-24-12-6-8-16-26-24)2-7-15-27-25-14-13-22-17-20-9-4-5-10-21(20)18-23(22)19-25/h4-6,8-10,12-14,16-19,27H,1-3,7,11,15H2. The average molecular weight is 354 g/mol. The summed E-state index contributed by atoms with van der Waals surface area (Å²) in [6.07, 6.45) is 7.93. The Hall–Kier alpha value is -2.87. The van der Waals surface area contributed by atoms with Gasteiger partial charge >= 0.3 is 0 Å². The van der Waals surface area contributed by atoms with Crippen molar-refractivity contribution in [3.63, 3.8) is 0 Å².